The maximum Gasteiger partial charge on any atom is 0.0249 e. The molecule has 0 radical (unpaired) electrons. The molecular formula is C16H32N2OS. The summed E-state index contributed by atoms with van der Waals surface area (Å²) in [6.45, 7) is 13.9. The van der Waals surface area contributed by atoms with E-state index in [0.29, 0.717) is 29.5 Å². The summed E-state index contributed by atoms with van der Waals surface area (Å²) in [5.74, 6) is 2.48. The smallest absolute Gasteiger partial charge is 0.0249 e. The van der Waals surface area contributed by atoms with Crippen LogP contribution in [-0.4, -0.2) is 51.8 Å². The lowest BCUT2D eigenvalue weighted by Gasteiger charge is -2.50. The van der Waals surface area contributed by atoms with Crippen molar-refractivity contribution in [2.24, 2.45) is 11.3 Å². The highest BCUT2D eigenvalue weighted by Crippen LogP contribution is 2.29. The minimum absolute atomic E-state index is 0.303. The highest BCUT2D eigenvalue weighted by Gasteiger charge is 2.38. The lowest BCUT2D eigenvalue weighted by molar-refractivity contribution is 0.0258. The van der Waals surface area contributed by atoms with Gasteiger partial charge in [-0.2, -0.15) is 0 Å². The minimum atomic E-state index is -0.555. The molecule has 0 bridgehead atoms. The molecule has 1 N–H and O–H groups in total. The predicted molar refractivity (Wildman–Crippen MR) is 87.5 cm³/mol. The molecule has 0 amide bonds. The average Bonchev–Trinajstić information content (AvgIpc) is 2.37. The lowest BCUT2D eigenvalue weighted by Crippen LogP contribution is -2.64. The molecule has 2 unspecified atom stereocenters. The van der Waals surface area contributed by atoms with E-state index < -0.39 is 10.8 Å². The number of rotatable bonds is 2. The molecular weight excluding hydrogens is 268 g/mol. The Kier molecular flexibility index (Phi) is 5.30. The van der Waals surface area contributed by atoms with Crippen LogP contribution in [0.1, 0.15) is 47.5 Å². The third-order valence-electron chi connectivity index (χ3n) is 5.03. The van der Waals surface area contributed by atoms with Crippen molar-refractivity contribution in [3.05, 3.63) is 0 Å². The van der Waals surface area contributed by atoms with Crippen LogP contribution in [0.4, 0.5) is 0 Å². The van der Waals surface area contributed by atoms with Crippen molar-refractivity contribution < 1.29 is 4.21 Å². The Morgan fingerprint density at radius 3 is 2.30 bits per heavy atom. The van der Waals surface area contributed by atoms with Gasteiger partial charge in [-0.05, 0) is 24.2 Å². The van der Waals surface area contributed by atoms with Gasteiger partial charge in [0.1, 0.15) is 0 Å². The van der Waals surface area contributed by atoms with Crippen LogP contribution in [0, 0.1) is 11.3 Å². The van der Waals surface area contributed by atoms with E-state index in [1.165, 1.54) is 0 Å². The van der Waals surface area contributed by atoms with Crippen molar-refractivity contribution in [3.8, 4) is 0 Å². The van der Waals surface area contributed by atoms with Crippen molar-refractivity contribution in [2.45, 2.75) is 65.6 Å². The third-order valence-corrected chi connectivity index (χ3v) is 6.42. The van der Waals surface area contributed by atoms with E-state index in [-0.39, 0.29) is 0 Å². The highest BCUT2D eigenvalue weighted by atomic mass is 32.2. The second-order valence-corrected chi connectivity index (χ2v) is 9.61. The van der Waals surface area contributed by atoms with Gasteiger partial charge in [0.15, 0.2) is 0 Å². The first-order valence-electron chi connectivity index (χ1n) is 8.13. The molecule has 20 heavy (non-hydrogen) atoms. The molecule has 3 nitrogen and oxygen atoms in total. The summed E-state index contributed by atoms with van der Waals surface area (Å²) in [5, 5.41) is 3.77. The quantitative estimate of drug-likeness (QED) is 0.849. The molecule has 0 aromatic rings. The predicted octanol–water partition coefficient (Wildman–Crippen LogP) is 2.24. The molecule has 4 heteroatoms. The van der Waals surface area contributed by atoms with E-state index in [1.54, 1.807) is 0 Å². The summed E-state index contributed by atoms with van der Waals surface area (Å²) in [6, 6.07) is 1.84. The second-order valence-electron chi connectivity index (χ2n) is 7.91. The van der Waals surface area contributed by atoms with Gasteiger partial charge in [0, 0.05) is 53.5 Å². The fourth-order valence-electron chi connectivity index (χ4n) is 3.52. The summed E-state index contributed by atoms with van der Waals surface area (Å²) in [4.78, 5) is 2.74. The van der Waals surface area contributed by atoms with E-state index in [9.17, 15) is 4.21 Å². The van der Waals surface area contributed by atoms with Crippen molar-refractivity contribution in [2.75, 3.05) is 24.6 Å². The van der Waals surface area contributed by atoms with Crippen LogP contribution in [0.3, 0.4) is 0 Å². The van der Waals surface area contributed by atoms with E-state index in [4.69, 9.17) is 0 Å². The highest BCUT2D eigenvalue weighted by molar-refractivity contribution is 7.85. The fraction of sp³-hybridized carbons (Fsp3) is 1.00. The van der Waals surface area contributed by atoms with Gasteiger partial charge in [0.2, 0.25) is 0 Å². The maximum atomic E-state index is 11.6. The Morgan fingerprint density at radius 2 is 1.80 bits per heavy atom. The van der Waals surface area contributed by atoms with E-state index in [1.807, 2.05) is 0 Å². The normalized spacial score (nSPS) is 37.3. The zero-order chi connectivity index (χ0) is 14.9. The van der Waals surface area contributed by atoms with Crippen molar-refractivity contribution in [1.29, 1.82) is 0 Å². The molecule has 0 aliphatic carbocycles. The monoisotopic (exact) mass is 300 g/mol. The van der Waals surface area contributed by atoms with Crippen LogP contribution in [-0.2, 0) is 10.8 Å². The Hall–Kier alpha value is 0.0700. The first-order chi connectivity index (χ1) is 9.29. The van der Waals surface area contributed by atoms with Gasteiger partial charge in [-0.25, -0.2) is 0 Å². The molecule has 0 saturated carbocycles. The fourth-order valence-corrected chi connectivity index (χ4v) is 4.80. The Bertz CT molecular complexity index is 341. The molecule has 2 aliphatic heterocycles. The van der Waals surface area contributed by atoms with Gasteiger partial charge in [0.05, 0.1) is 0 Å². The number of hydrogen-bond acceptors (Lipinski definition) is 3. The Balaban J connectivity index is 2.08. The molecule has 0 aromatic carbocycles. The first-order valence-corrected chi connectivity index (χ1v) is 9.62. The van der Waals surface area contributed by atoms with Crippen LogP contribution in [0.2, 0.25) is 0 Å². The molecule has 2 heterocycles. The molecule has 2 fully saturated rings. The Morgan fingerprint density at radius 1 is 1.20 bits per heavy atom. The summed E-state index contributed by atoms with van der Waals surface area (Å²) >= 11 is 0. The van der Waals surface area contributed by atoms with Gasteiger partial charge >= 0.3 is 0 Å². The van der Waals surface area contributed by atoms with Gasteiger partial charge in [0.25, 0.3) is 0 Å². The topological polar surface area (TPSA) is 32.3 Å². The Labute approximate surface area is 127 Å². The second kappa shape index (κ2) is 6.45. The van der Waals surface area contributed by atoms with Crippen LogP contribution >= 0.6 is 0 Å². The van der Waals surface area contributed by atoms with E-state index in [0.717, 1.165) is 37.4 Å². The summed E-state index contributed by atoms with van der Waals surface area (Å²) in [7, 11) is -0.555. The van der Waals surface area contributed by atoms with E-state index in [2.05, 4.69) is 44.8 Å². The number of piperazine rings is 1. The zero-order valence-corrected chi connectivity index (χ0v) is 14.6. The van der Waals surface area contributed by atoms with Crippen LogP contribution in [0.25, 0.3) is 0 Å². The third kappa shape index (κ3) is 3.83. The maximum absolute atomic E-state index is 11.6. The molecule has 118 valence electrons. The molecule has 2 aliphatic rings. The largest absolute Gasteiger partial charge is 0.311 e. The molecule has 2 saturated heterocycles. The molecule has 0 spiro atoms. The summed E-state index contributed by atoms with van der Waals surface area (Å²) in [5.41, 5.74) is 0.303. The van der Waals surface area contributed by atoms with Gasteiger partial charge < -0.3 is 5.32 Å². The van der Waals surface area contributed by atoms with E-state index >= 15 is 0 Å². The van der Waals surface area contributed by atoms with Crippen LogP contribution in [0.15, 0.2) is 0 Å². The average molecular weight is 301 g/mol. The van der Waals surface area contributed by atoms with Crippen LogP contribution < -0.4 is 5.32 Å². The van der Waals surface area contributed by atoms with Gasteiger partial charge in [-0.15, -0.1) is 0 Å². The van der Waals surface area contributed by atoms with Crippen molar-refractivity contribution >= 4 is 10.8 Å². The SMILES string of the molecule is CC(C)C1CNC(C(C)(C)C)CN1C1CCS(=O)CC1. The summed E-state index contributed by atoms with van der Waals surface area (Å²) < 4.78 is 11.6. The number of nitrogens with zero attached hydrogens (tertiary/aromatic N) is 1. The van der Waals surface area contributed by atoms with Crippen molar-refractivity contribution in [1.82, 2.24) is 10.2 Å². The molecule has 2 atom stereocenters. The first kappa shape index (κ1) is 16.4. The zero-order valence-electron chi connectivity index (χ0n) is 13.8. The van der Waals surface area contributed by atoms with Crippen molar-refractivity contribution in [3.63, 3.8) is 0 Å². The number of nitrogens with one attached hydrogen (secondary N) is 1. The standard InChI is InChI=1S/C16H32N2OS/c1-12(2)14-10-17-15(16(3,4)5)11-18(14)13-6-8-20(19)9-7-13/h12-15,17H,6-11H2,1-5H3. The number of hydrogen-bond donors (Lipinski definition) is 1. The molecule has 0 aromatic heterocycles. The van der Waals surface area contributed by atoms with Crippen LogP contribution in [0.5, 0.6) is 0 Å². The summed E-state index contributed by atoms with van der Waals surface area (Å²) in [6.07, 6.45) is 2.24. The molecule has 2 rings (SSSR count). The van der Waals surface area contributed by atoms with Gasteiger partial charge in [-0.3, -0.25) is 9.11 Å². The minimum Gasteiger partial charge on any atom is -0.311 e. The lowest BCUT2D eigenvalue weighted by atomic mass is 9.83. The van der Waals surface area contributed by atoms with Gasteiger partial charge in [-0.1, -0.05) is 34.6 Å².